The molecule has 0 saturated heterocycles. The first kappa shape index (κ1) is 14.3. The quantitative estimate of drug-likeness (QED) is 0.471. The van der Waals surface area contributed by atoms with Crippen molar-refractivity contribution in [3.63, 3.8) is 0 Å². The molecule has 1 aliphatic rings. The number of rotatable bonds is 3. The molecule has 4 aromatic carbocycles. The zero-order chi connectivity index (χ0) is 16.8. The van der Waals surface area contributed by atoms with Gasteiger partial charge < -0.3 is 9.68 Å². The number of fused-ring (bicyclic) bond motifs is 3. The van der Waals surface area contributed by atoms with E-state index in [1.54, 1.807) is 0 Å². The summed E-state index contributed by atoms with van der Waals surface area (Å²) in [5.41, 5.74) is 7.41. The number of benzene rings is 4. The first-order valence-electron chi connectivity index (χ1n) is 8.25. The molecule has 1 aliphatic carbocycles. The molecule has 1 radical (unpaired) electrons. The molecule has 0 amide bonds. The van der Waals surface area contributed by atoms with Crippen molar-refractivity contribution in [3.8, 4) is 39.1 Å². The van der Waals surface area contributed by atoms with Crippen molar-refractivity contribution in [2.45, 2.75) is 0 Å². The molecule has 1 N–H and O–H groups in total. The summed E-state index contributed by atoms with van der Waals surface area (Å²) in [5.74, 6) is 0.617. The van der Waals surface area contributed by atoms with Crippen LogP contribution in [0.1, 0.15) is 0 Å². The summed E-state index contributed by atoms with van der Waals surface area (Å²) in [5, 5.41) is 11.4. The number of hydrogen-bond donors (Lipinski definition) is 1. The van der Waals surface area contributed by atoms with Gasteiger partial charge in [0.15, 0.2) is 0 Å². The molecule has 25 heavy (non-hydrogen) atoms. The first-order chi connectivity index (χ1) is 12.4. The van der Waals surface area contributed by atoms with E-state index < -0.39 is 0 Å². The van der Waals surface area contributed by atoms with Gasteiger partial charge in [0.1, 0.15) is 5.75 Å². The van der Waals surface area contributed by atoms with E-state index in [0.717, 1.165) is 11.1 Å². The normalized spacial score (nSPS) is 11.4. The Morgan fingerprint density at radius 1 is 0.640 bits per heavy atom. The third kappa shape index (κ3) is 2.10. The molecule has 0 aliphatic heterocycles. The summed E-state index contributed by atoms with van der Waals surface area (Å²) in [6.45, 7) is 0. The van der Waals surface area contributed by atoms with Crippen molar-refractivity contribution < 1.29 is 9.68 Å². The van der Waals surface area contributed by atoms with E-state index in [1.807, 2.05) is 18.2 Å². The topological polar surface area (TPSA) is 29.5 Å². The molecule has 117 valence electrons. The highest BCUT2D eigenvalue weighted by molar-refractivity contribution is 6.19. The summed E-state index contributed by atoms with van der Waals surface area (Å²) in [6.07, 6.45) is 0. The molecule has 0 spiro atoms. The van der Waals surface area contributed by atoms with Gasteiger partial charge in [-0.3, -0.25) is 0 Å². The molecule has 2 nitrogen and oxygen atoms in total. The first-order valence-corrected chi connectivity index (χ1v) is 8.25. The average molecular weight is 321 g/mol. The van der Waals surface area contributed by atoms with Crippen molar-refractivity contribution in [2.75, 3.05) is 0 Å². The van der Waals surface area contributed by atoms with Gasteiger partial charge in [-0.1, -0.05) is 66.7 Å². The van der Waals surface area contributed by atoms with Gasteiger partial charge in [0.05, 0.1) is 0 Å². The summed E-state index contributed by atoms with van der Waals surface area (Å²) in [6, 6.07) is 27.2. The Labute approximate surface area is 146 Å². The van der Waals surface area contributed by atoms with Crippen LogP contribution in [-0.2, 0) is 0 Å². The van der Waals surface area contributed by atoms with Gasteiger partial charge in [0, 0.05) is 0 Å². The van der Waals surface area contributed by atoms with Crippen LogP contribution in [0.3, 0.4) is 0 Å². The van der Waals surface area contributed by atoms with E-state index in [2.05, 4.69) is 60.7 Å². The third-order valence-electron chi connectivity index (χ3n) is 4.88. The van der Waals surface area contributed by atoms with Gasteiger partial charge in [0.25, 0.3) is 0 Å². The Morgan fingerprint density at radius 3 is 2.12 bits per heavy atom. The molecule has 0 atom stereocenters. The summed E-state index contributed by atoms with van der Waals surface area (Å²) in [7, 11) is 0.712. The molecule has 0 aromatic heterocycles. The Morgan fingerprint density at radius 2 is 1.32 bits per heavy atom. The molecule has 0 bridgehead atoms. The molecule has 4 aromatic rings. The monoisotopic (exact) mass is 321 g/mol. The number of hydrogen-bond acceptors (Lipinski definition) is 2. The van der Waals surface area contributed by atoms with Crippen LogP contribution in [0.25, 0.3) is 44.2 Å². The summed E-state index contributed by atoms with van der Waals surface area (Å²) >= 11 is 0. The predicted molar refractivity (Wildman–Crippen MR) is 102 cm³/mol. The summed E-state index contributed by atoms with van der Waals surface area (Å²) < 4.78 is 5.12. The summed E-state index contributed by atoms with van der Waals surface area (Å²) in [4.78, 5) is 0. The van der Waals surface area contributed by atoms with E-state index >= 15 is 0 Å². The lowest BCUT2D eigenvalue weighted by atomic mass is 9.94. The van der Waals surface area contributed by atoms with Gasteiger partial charge >= 0.3 is 7.69 Å². The fraction of sp³-hybridized carbons (Fsp3) is 0. The van der Waals surface area contributed by atoms with E-state index in [4.69, 9.17) is 9.68 Å². The Hall–Kier alpha value is -3.04. The van der Waals surface area contributed by atoms with Crippen LogP contribution in [0.5, 0.6) is 5.75 Å². The van der Waals surface area contributed by atoms with E-state index in [1.165, 1.54) is 33.0 Å². The fourth-order valence-electron chi connectivity index (χ4n) is 3.86. The van der Waals surface area contributed by atoms with Crippen molar-refractivity contribution in [1.29, 1.82) is 0 Å². The highest BCUT2D eigenvalue weighted by atomic mass is 16.5. The van der Waals surface area contributed by atoms with Gasteiger partial charge in [-0.05, 0) is 56.3 Å². The molecule has 0 fully saturated rings. The van der Waals surface area contributed by atoms with Gasteiger partial charge in [-0.15, -0.1) is 0 Å². The third-order valence-corrected chi connectivity index (χ3v) is 4.88. The molecule has 5 rings (SSSR count). The minimum absolute atomic E-state index is 0.617. The smallest absolute Gasteiger partial charge is 0.537 e. The lowest BCUT2D eigenvalue weighted by molar-refractivity contribution is 0.454. The van der Waals surface area contributed by atoms with Crippen LogP contribution in [0.15, 0.2) is 78.9 Å². The molecular formula is C22H14BO2. The van der Waals surface area contributed by atoms with E-state index in [-0.39, 0.29) is 0 Å². The van der Waals surface area contributed by atoms with Crippen molar-refractivity contribution in [2.24, 2.45) is 0 Å². The second-order valence-corrected chi connectivity index (χ2v) is 6.19. The average Bonchev–Trinajstić information content (AvgIpc) is 2.99. The molecule has 0 heterocycles. The van der Waals surface area contributed by atoms with Crippen molar-refractivity contribution >= 4 is 18.5 Å². The standard InChI is InChI=1S/C22H14BO2/c24-23-25-15-6-3-5-14(13-15)16-11-12-21-18-8-2-1-7-17(18)20-10-4-9-19(16)22(20)21/h1-13,24H. The largest absolute Gasteiger partial charge is 0.569 e. The van der Waals surface area contributed by atoms with Crippen LogP contribution in [-0.4, -0.2) is 12.7 Å². The minimum atomic E-state index is 0.617. The molecule has 0 unspecified atom stereocenters. The molecule has 3 heteroatoms. The van der Waals surface area contributed by atoms with E-state index in [0.29, 0.717) is 13.4 Å². The zero-order valence-corrected chi connectivity index (χ0v) is 13.4. The van der Waals surface area contributed by atoms with E-state index in [9.17, 15) is 0 Å². The Kier molecular flexibility index (Phi) is 3.15. The highest BCUT2D eigenvalue weighted by Gasteiger charge is 2.21. The van der Waals surface area contributed by atoms with Gasteiger partial charge in [-0.25, -0.2) is 0 Å². The van der Waals surface area contributed by atoms with Gasteiger partial charge in [0.2, 0.25) is 0 Å². The maximum Gasteiger partial charge on any atom is 0.569 e. The van der Waals surface area contributed by atoms with Crippen LogP contribution in [0.2, 0.25) is 0 Å². The predicted octanol–water partition coefficient (Wildman–Crippen LogP) is 5.06. The lowest BCUT2D eigenvalue weighted by Crippen LogP contribution is -1.99. The Balaban J connectivity index is 1.79. The SMILES string of the molecule is O[B]Oc1cccc(-c2ccc3c4c(cccc24)-c2ccccc2-3)c1. The minimum Gasteiger partial charge on any atom is -0.537 e. The van der Waals surface area contributed by atoms with Crippen LogP contribution >= 0.6 is 0 Å². The van der Waals surface area contributed by atoms with Gasteiger partial charge in [-0.2, -0.15) is 0 Å². The Bertz CT molecular complexity index is 1090. The van der Waals surface area contributed by atoms with Crippen molar-refractivity contribution in [1.82, 2.24) is 0 Å². The fourth-order valence-corrected chi connectivity index (χ4v) is 3.86. The van der Waals surface area contributed by atoms with Crippen LogP contribution < -0.4 is 4.65 Å². The zero-order valence-electron chi connectivity index (χ0n) is 13.4. The second kappa shape index (κ2) is 5.50. The maximum absolute atomic E-state index is 8.89. The highest BCUT2D eigenvalue weighted by Crippen LogP contribution is 2.49. The van der Waals surface area contributed by atoms with Crippen LogP contribution in [0.4, 0.5) is 0 Å². The van der Waals surface area contributed by atoms with Crippen molar-refractivity contribution in [3.05, 3.63) is 78.9 Å². The lowest BCUT2D eigenvalue weighted by Gasteiger charge is -2.11. The van der Waals surface area contributed by atoms with Crippen LogP contribution in [0, 0.1) is 0 Å². The maximum atomic E-state index is 8.89. The second-order valence-electron chi connectivity index (χ2n) is 6.19. The molecule has 0 saturated carbocycles. The molecular weight excluding hydrogens is 307 g/mol.